The Morgan fingerprint density at radius 2 is 1.83 bits per heavy atom. The van der Waals surface area contributed by atoms with Crippen LogP contribution in [0.25, 0.3) is 0 Å². The highest BCUT2D eigenvalue weighted by atomic mass is 79.9. The van der Waals surface area contributed by atoms with Crippen molar-refractivity contribution >= 4 is 27.6 Å². The molecule has 0 radical (unpaired) electrons. The first-order chi connectivity index (χ1) is 11.6. The van der Waals surface area contributed by atoms with Gasteiger partial charge in [0.25, 0.3) is 0 Å². The van der Waals surface area contributed by atoms with Gasteiger partial charge >= 0.3 is 6.03 Å². The van der Waals surface area contributed by atoms with Gasteiger partial charge in [-0.05, 0) is 48.7 Å². The molecule has 2 aromatic carbocycles. The molecule has 2 N–H and O–H groups in total. The quantitative estimate of drug-likeness (QED) is 0.834. The van der Waals surface area contributed by atoms with E-state index in [4.69, 9.17) is 9.47 Å². The van der Waals surface area contributed by atoms with Crippen LogP contribution in [0.3, 0.4) is 0 Å². The average Bonchev–Trinajstić information content (AvgIpc) is 3.35. The minimum atomic E-state index is -0.314. The minimum Gasteiger partial charge on any atom is -0.486 e. The maximum absolute atomic E-state index is 12.3. The standard InChI is InChI=1S/C18H17BrN2O3/c19-13-2-1-3-14(11-13)20-17(22)21-18(6-7-18)12-4-5-15-16(10-12)24-9-8-23-15/h1-5,10-11H,6-9H2,(H2,20,21,22). The van der Waals surface area contributed by atoms with Crippen LogP contribution in [0.5, 0.6) is 11.5 Å². The van der Waals surface area contributed by atoms with Gasteiger partial charge in [0.2, 0.25) is 0 Å². The van der Waals surface area contributed by atoms with E-state index in [9.17, 15) is 4.79 Å². The summed E-state index contributed by atoms with van der Waals surface area (Å²) in [5, 5.41) is 5.97. The van der Waals surface area contributed by atoms with Crippen LogP contribution in [-0.4, -0.2) is 19.2 Å². The van der Waals surface area contributed by atoms with Crippen LogP contribution < -0.4 is 20.1 Å². The summed E-state index contributed by atoms with van der Waals surface area (Å²) in [6.07, 6.45) is 1.83. The lowest BCUT2D eigenvalue weighted by atomic mass is 10.0. The number of nitrogens with one attached hydrogen (secondary N) is 2. The monoisotopic (exact) mass is 388 g/mol. The number of carbonyl (C=O) groups is 1. The van der Waals surface area contributed by atoms with E-state index < -0.39 is 0 Å². The molecule has 0 bridgehead atoms. The summed E-state index contributed by atoms with van der Waals surface area (Å²) in [6.45, 7) is 1.13. The predicted octanol–water partition coefficient (Wildman–Crippen LogP) is 4.03. The highest BCUT2D eigenvalue weighted by Crippen LogP contribution is 2.47. The predicted molar refractivity (Wildman–Crippen MR) is 94.6 cm³/mol. The fraction of sp³-hybridized carbons (Fsp3) is 0.278. The summed E-state index contributed by atoms with van der Waals surface area (Å²) >= 11 is 3.40. The maximum atomic E-state index is 12.3. The summed E-state index contributed by atoms with van der Waals surface area (Å²) < 4.78 is 12.1. The van der Waals surface area contributed by atoms with E-state index in [0.29, 0.717) is 13.2 Å². The van der Waals surface area contributed by atoms with Crippen LogP contribution in [0.15, 0.2) is 46.9 Å². The van der Waals surface area contributed by atoms with E-state index in [1.807, 2.05) is 42.5 Å². The molecule has 2 amide bonds. The summed E-state index contributed by atoms with van der Waals surface area (Å²) in [6, 6.07) is 13.2. The summed E-state index contributed by atoms with van der Waals surface area (Å²) in [4.78, 5) is 12.3. The molecule has 0 saturated heterocycles. The molecule has 24 heavy (non-hydrogen) atoms. The first-order valence-electron chi connectivity index (χ1n) is 7.90. The molecule has 2 aromatic rings. The zero-order valence-corrected chi connectivity index (χ0v) is 14.6. The number of hydrogen-bond donors (Lipinski definition) is 2. The van der Waals surface area contributed by atoms with Gasteiger partial charge in [0, 0.05) is 10.2 Å². The van der Waals surface area contributed by atoms with Gasteiger partial charge < -0.3 is 20.1 Å². The SMILES string of the molecule is O=C(Nc1cccc(Br)c1)NC1(c2ccc3c(c2)OCCO3)CC1. The normalized spacial score (nSPS) is 17.0. The van der Waals surface area contributed by atoms with E-state index >= 15 is 0 Å². The Morgan fingerprint density at radius 3 is 2.58 bits per heavy atom. The largest absolute Gasteiger partial charge is 0.486 e. The first-order valence-corrected chi connectivity index (χ1v) is 8.69. The summed E-state index contributed by atoms with van der Waals surface area (Å²) in [5.74, 6) is 1.51. The molecular formula is C18H17BrN2O3. The highest BCUT2D eigenvalue weighted by Gasteiger charge is 2.46. The highest BCUT2D eigenvalue weighted by molar-refractivity contribution is 9.10. The molecule has 1 aliphatic carbocycles. The molecule has 1 heterocycles. The van der Waals surface area contributed by atoms with Gasteiger partial charge in [0.05, 0.1) is 5.54 Å². The van der Waals surface area contributed by atoms with Crippen LogP contribution in [0.2, 0.25) is 0 Å². The molecule has 1 fully saturated rings. The number of anilines is 1. The third-order valence-electron chi connectivity index (χ3n) is 4.28. The van der Waals surface area contributed by atoms with E-state index in [1.54, 1.807) is 0 Å². The third kappa shape index (κ3) is 3.06. The van der Waals surface area contributed by atoms with Crippen molar-refractivity contribution in [3.63, 3.8) is 0 Å². The van der Waals surface area contributed by atoms with E-state index in [-0.39, 0.29) is 11.6 Å². The molecule has 6 heteroatoms. The minimum absolute atomic E-state index is 0.208. The smallest absolute Gasteiger partial charge is 0.319 e. The van der Waals surface area contributed by atoms with Crippen molar-refractivity contribution in [2.24, 2.45) is 0 Å². The van der Waals surface area contributed by atoms with Crippen molar-refractivity contribution in [2.75, 3.05) is 18.5 Å². The molecule has 1 aliphatic heterocycles. The number of urea groups is 1. The van der Waals surface area contributed by atoms with Crippen LogP contribution >= 0.6 is 15.9 Å². The van der Waals surface area contributed by atoms with Crippen LogP contribution in [0, 0.1) is 0 Å². The van der Waals surface area contributed by atoms with Gasteiger partial charge in [0.15, 0.2) is 11.5 Å². The Hall–Kier alpha value is -2.21. The van der Waals surface area contributed by atoms with Crippen molar-refractivity contribution in [1.29, 1.82) is 0 Å². The van der Waals surface area contributed by atoms with Crippen LogP contribution in [-0.2, 0) is 5.54 Å². The van der Waals surface area contributed by atoms with Gasteiger partial charge in [-0.1, -0.05) is 28.1 Å². The van der Waals surface area contributed by atoms with E-state index in [1.165, 1.54) is 0 Å². The summed E-state index contributed by atoms with van der Waals surface area (Å²) in [5.41, 5.74) is 1.49. The second-order valence-corrected chi connectivity index (χ2v) is 6.95. The fourth-order valence-corrected chi connectivity index (χ4v) is 3.30. The Balaban J connectivity index is 1.48. The number of ether oxygens (including phenoxy) is 2. The zero-order chi connectivity index (χ0) is 16.6. The fourth-order valence-electron chi connectivity index (χ4n) is 2.90. The maximum Gasteiger partial charge on any atom is 0.319 e. The molecule has 124 valence electrons. The number of fused-ring (bicyclic) bond motifs is 1. The van der Waals surface area contributed by atoms with Crippen LogP contribution in [0.4, 0.5) is 10.5 Å². The molecule has 0 atom stereocenters. The lowest BCUT2D eigenvalue weighted by Crippen LogP contribution is -2.38. The van der Waals surface area contributed by atoms with Gasteiger partial charge in [-0.3, -0.25) is 0 Å². The second kappa shape index (κ2) is 6.02. The Morgan fingerprint density at radius 1 is 1.04 bits per heavy atom. The molecule has 1 saturated carbocycles. The molecule has 0 aromatic heterocycles. The average molecular weight is 389 g/mol. The van der Waals surface area contributed by atoms with Gasteiger partial charge in [0.1, 0.15) is 13.2 Å². The Kier molecular flexibility index (Phi) is 3.84. The molecule has 2 aliphatic rings. The molecule has 4 rings (SSSR count). The van der Waals surface area contributed by atoms with Crippen molar-refractivity contribution < 1.29 is 14.3 Å². The van der Waals surface area contributed by atoms with Crippen LogP contribution in [0.1, 0.15) is 18.4 Å². The number of rotatable bonds is 3. The topological polar surface area (TPSA) is 59.6 Å². The number of hydrogen-bond acceptors (Lipinski definition) is 3. The van der Waals surface area contributed by atoms with Crippen molar-refractivity contribution in [3.05, 3.63) is 52.5 Å². The molecule has 5 nitrogen and oxygen atoms in total. The van der Waals surface area contributed by atoms with Gasteiger partial charge in [-0.2, -0.15) is 0 Å². The Bertz CT molecular complexity index is 790. The van der Waals surface area contributed by atoms with Gasteiger partial charge in [-0.15, -0.1) is 0 Å². The first kappa shape index (κ1) is 15.3. The van der Waals surface area contributed by atoms with Crippen molar-refractivity contribution in [1.82, 2.24) is 5.32 Å². The van der Waals surface area contributed by atoms with Gasteiger partial charge in [-0.25, -0.2) is 4.79 Å². The lowest BCUT2D eigenvalue weighted by Gasteiger charge is -2.23. The zero-order valence-electron chi connectivity index (χ0n) is 13.0. The molecule has 0 unspecified atom stereocenters. The number of amides is 2. The number of carbonyl (C=O) groups excluding carboxylic acids is 1. The van der Waals surface area contributed by atoms with E-state index in [0.717, 1.165) is 40.1 Å². The Labute approximate surface area is 148 Å². The second-order valence-electron chi connectivity index (χ2n) is 6.03. The molecule has 0 spiro atoms. The van der Waals surface area contributed by atoms with E-state index in [2.05, 4.69) is 26.6 Å². The summed E-state index contributed by atoms with van der Waals surface area (Å²) in [7, 11) is 0. The lowest BCUT2D eigenvalue weighted by molar-refractivity contribution is 0.171. The van der Waals surface area contributed by atoms with Crippen molar-refractivity contribution in [3.8, 4) is 11.5 Å². The third-order valence-corrected chi connectivity index (χ3v) is 4.77. The number of benzene rings is 2. The number of halogens is 1. The molecular weight excluding hydrogens is 372 g/mol. The van der Waals surface area contributed by atoms with Crippen molar-refractivity contribution in [2.45, 2.75) is 18.4 Å².